The first kappa shape index (κ1) is 18.1. The molecule has 0 fully saturated rings. The molecule has 3 nitrogen and oxygen atoms in total. The summed E-state index contributed by atoms with van der Waals surface area (Å²) in [6.45, 7) is 5.79. The third kappa shape index (κ3) is 5.76. The fourth-order valence-corrected chi connectivity index (χ4v) is 2.36. The number of aliphatic hydroxyl groups excluding tert-OH is 1. The predicted octanol–water partition coefficient (Wildman–Crippen LogP) is 3.71. The van der Waals surface area contributed by atoms with Crippen molar-refractivity contribution in [2.75, 3.05) is 0 Å². The van der Waals surface area contributed by atoms with Crippen molar-refractivity contribution in [3.63, 3.8) is 0 Å². The van der Waals surface area contributed by atoms with Gasteiger partial charge in [-0.05, 0) is 18.1 Å². The van der Waals surface area contributed by atoms with Gasteiger partial charge in [-0.3, -0.25) is 4.79 Å². The van der Waals surface area contributed by atoms with Crippen LogP contribution in [0.15, 0.2) is 72.8 Å². The molecule has 0 aromatic heterocycles. The molecule has 0 radical (unpaired) electrons. The summed E-state index contributed by atoms with van der Waals surface area (Å²) in [4.78, 5) is 12.6. The van der Waals surface area contributed by atoms with Crippen LogP contribution in [-0.4, -0.2) is 23.1 Å². The average Bonchev–Trinajstić information content (AvgIpc) is 2.60. The van der Waals surface area contributed by atoms with Crippen LogP contribution in [0.3, 0.4) is 0 Å². The number of hydrogen-bond donors (Lipinski definition) is 1. The zero-order chi connectivity index (χ0) is 17.4. The second-order valence-electron chi connectivity index (χ2n) is 6.01. The average molecular weight is 324 g/mol. The molecule has 0 spiro atoms. The Morgan fingerprint density at radius 3 is 2.12 bits per heavy atom. The molecule has 0 amide bonds. The van der Waals surface area contributed by atoms with Gasteiger partial charge in [-0.2, -0.15) is 0 Å². The smallest absolute Gasteiger partial charge is 0.164 e. The van der Waals surface area contributed by atoms with Crippen LogP contribution in [0.2, 0.25) is 0 Å². The molecule has 2 aromatic carbocycles. The van der Waals surface area contributed by atoms with Crippen LogP contribution in [0.25, 0.3) is 0 Å². The third-order valence-electron chi connectivity index (χ3n) is 3.88. The summed E-state index contributed by atoms with van der Waals surface area (Å²) in [7, 11) is 0. The van der Waals surface area contributed by atoms with E-state index in [0.29, 0.717) is 18.6 Å². The maximum atomic E-state index is 12.6. The Bertz CT molecular complexity index is 649. The van der Waals surface area contributed by atoms with E-state index in [9.17, 15) is 9.90 Å². The van der Waals surface area contributed by atoms with E-state index in [2.05, 4.69) is 6.58 Å². The van der Waals surface area contributed by atoms with Gasteiger partial charge in [0.15, 0.2) is 5.78 Å². The number of ketones is 1. The predicted molar refractivity (Wildman–Crippen MR) is 95.6 cm³/mol. The molecular formula is C21H24O3. The van der Waals surface area contributed by atoms with E-state index in [0.717, 1.165) is 11.1 Å². The standard InChI is InChI=1S/C21H24O3/c1-16(2)19(22)14-20(23)21(13-17-9-5-3-6-10-17)24-15-18-11-7-4-8-12-18/h3-12,19,21-22H,1,13-15H2,2H3/t19-,21-/m0/s1. The lowest BCUT2D eigenvalue weighted by molar-refractivity contribution is -0.132. The summed E-state index contributed by atoms with van der Waals surface area (Å²) in [5.74, 6) is -0.106. The fourth-order valence-electron chi connectivity index (χ4n) is 2.36. The van der Waals surface area contributed by atoms with Crippen LogP contribution in [0.4, 0.5) is 0 Å². The third-order valence-corrected chi connectivity index (χ3v) is 3.88. The molecule has 0 saturated heterocycles. The van der Waals surface area contributed by atoms with E-state index in [1.54, 1.807) is 6.92 Å². The molecule has 3 heteroatoms. The molecule has 2 atom stereocenters. The Balaban J connectivity index is 2.05. The number of ether oxygens (including phenoxy) is 1. The van der Waals surface area contributed by atoms with Crippen LogP contribution in [-0.2, 0) is 22.6 Å². The van der Waals surface area contributed by atoms with Crippen LogP contribution in [0.1, 0.15) is 24.5 Å². The SMILES string of the molecule is C=C(C)[C@@H](O)CC(=O)[C@H](Cc1ccccc1)OCc1ccccc1. The topological polar surface area (TPSA) is 46.5 Å². The Morgan fingerprint density at radius 1 is 1.04 bits per heavy atom. The second kappa shape index (κ2) is 9.16. The van der Waals surface area contributed by atoms with Gasteiger partial charge in [-0.15, -0.1) is 0 Å². The zero-order valence-corrected chi connectivity index (χ0v) is 14.0. The number of Topliss-reactive ketones (excluding diaryl/α,β-unsaturated/α-hetero) is 1. The molecule has 2 rings (SSSR count). The number of carbonyl (C=O) groups is 1. The molecule has 24 heavy (non-hydrogen) atoms. The highest BCUT2D eigenvalue weighted by atomic mass is 16.5. The lowest BCUT2D eigenvalue weighted by Crippen LogP contribution is -2.30. The highest BCUT2D eigenvalue weighted by molar-refractivity contribution is 5.84. The largest absolute Gasteiger partial charge is 0.388 e. The van der Waals surface area contributed by atoms with Crippen molar-refractivity contribution >= 4 is 5.78 Å². The van der Waals surface area contributed by atoms with E-state index < -0.39 is 12.2 Å². The first-order valence-corrected chi connectivity index (χ1v) is 8.12. The summed E-state index contributed by atoms with van der Waals surface area (Å²) >= 11 is 0. The number of rotatable bonds is 9. The quantitative estimate of drug-likeness (QED) is 0.715. The van der Waals surface area contributed by atoms with E-state index in [1.165, 1.54) is 0 Å². The van der Waals surface area contributed by atoms with Gasteiger partial charge in [0, 0.05) is 12.8 Å². The molecule has 1 N–H and O–H groups in total. The van der Waals surface area contributed by atoms with Gasteiger partial charge in [0.05, 0.1) is 12.7 Å². The Hall–Kier alpha value is -2.23. The van der Waals surface area contributed by atoms with Crippen molar-refractivity contribution in [1.29, 1.82) is 0 Å². The van der Waals surface area contributed by atoms with Crippen LogP contribution in [0, 0.1) is 0 Å². The molecule has 0 aliphatic heterocycles. The van der Waals surface area contributed by atoms with E-state index in [1.807, 2.05) is 60.7 Å². The fraction of sp³-hybridized carbons (Fsp3) is 0.286. The maximum absolute atomic E-state index is 12.6. The van der Waals surface area contributed by atoms with Crippen molar-refractivity contribution in [3.8, 4) is 0 Å². The number of aliphatic hydroxyl groups is 1. The van der Waals surface area contributed by atoms with E-state index in [4.69, 9.17) is 4.74 Å². The molecule has 2 aromatic rings. The monoisotopic (exact) mass is 324 g/mol. The van der Waals surface area contributed by atoms with Gasteiger partial charge in [-0.1, -0.05) is 72.8 Å². The summed E-state index contributed by atoms with van der Waals surface area (Å²) in [6.07, 6.45) is -0.880. The van der Waals surface area contributed by atoms with Gasteiger partial charge in [0.2, 0.25) is 0 Å². The molecule has 0 bridgehead atoms. The second-order valence-corrected chi connectivity index (χ2v) is 6.01. The molecule has 0 saturated carbocycles. The summed E-state index contributed by atoms with van der Waals surface area (Å²) in [5, 5.41) is 9.92. The van der Waals surface area contributed by atoms with E-state index >= 15 is 0 Å². The van der Waals surface area contributed by atoms with Crippen LogP contribution >= 0.6 is 0 Å². The van der Waals surface area contributed by atoms with Crippen LogP contribution in [0.5, 0.6) is 0 Å². The number of benzene rings is 2. The van der Waals surface area contributed by atoms with Crippen molar-refractivity contribution in [1.82, 2.24) is 0 Å². The Morgan fingerprint density at radius 2 is 1.58 bits per heavy atom. The van der Waals surface area contributed by atoms with Crippen molar-refractivity contribution in [2.24, 2.45) is 0 Å². The van der Waals surface area contributed by atoms with Gasteiger partial charge in [-0.25, -0.2) is 0 Å². The van der Waals surface area contributed by atoms with Gasteiger partial charge >= 0.3 is 0 Å². The van der Waals surface area contributed by atoms with Gasteiger partial charge in [0.1, 0.15) is 6.10 Å². The number of hydrogen-bond acceptors (Lipinski definition) is 3. The minimum absolute atomic E-state index is 0.0294. The van der Waals surface area contributed by atoms with Crippen molar-refractivity contribution < 1.29 is 14.6 Å². The molecule has 0 heterocycles. The summed E-state index contributed by atoms with van der Waals surface area (Å²) in [5.41, 5.74) is 2.64. The highest BCUT2D eigenvalue weighted by Gasteiger charge is 2.22. The lowest BCUT2D eigenvalue weighted by Gasteiger charge is -2.19. The van der Waals surface area contributed by atoms with Crippen LogP contribution < -0.4 is 0 Å². The molecule has 0 unspecified atom stereocenters. The first-order valence-electron chi connectivity index (χ1n) is 8.12. The minimum atomic E-state index is -0.823. The van der Waals surface area contributed by atoms with Gasteiger partial charge < -0.3 is 9.84 Å². The Labute approximate surface area is 143 Å². The summed E-state index contributed by atoms with van der Waals surface area (Å²) in [6, 6.07) is 19.5. The molecule has 126 valence electrons. The maximum Gasteiger partial charge on any atom is 0.164 e. The highest BCUT2D eigenvalue weighted by Crippen LogP contribution is 2.14. The molecule has 0 aliphatic rings. The molecular weight excluding hydrogens is 300 g/mol. The minimum Gasteiger partial charge on any atom is -0.388 e. The van der Waals surface area contributed by atoms with Gasteiger partial charge in [0.25, 0.3) is 0 Å². The lowest BCUT2D eigenvalue weighted by atomic mass is 9.99. The molecule has 0 aliphatic carbocycles. The first-order chi connectivity index (χ1) is 11.6. The van der Waals surface area contributed by atoms with E-state index in [-0.39, 0.29) is 12.2 Å². The number of carbonyl (C=O) groups excluding carboxylic acids is 1. The van der Waals surface area contributed by atoms with Crippen molar-refractivity contribution in [3.05, 3.63) is 83.9 Å². The van der Waals surface area contributed by atoms with Crippen molar-refractivity contribution in [2.45, 2.75) is 38.6 Å². The summed E-state index contributed by atoms with van der Waals surface area (Å²) < 4.78 is 5.88. The Kier molecular flexibility index (Phi) is 6.91. The normalized spacial score (nSPS) is 13.2. The zero-order valence-electron chi connectivity index (χ0n) is 14.0.